The molecule has 3 rings (SSSR count). The molecule has 0 atom stereocenters. The van der Waals surface area contributed by atoms with Gasteiger partial charge >= 0.3 is 16.1 Å². The maximum atomic E-state index is 12.5. The number of carboxylic acids is 1. The Balaban J connectivity index is 1.92. The van der Waals surface area contributed by atoms with Gasteiger partial charge in [-0.3, -0.25) is 5.43 Å². The van der Waals surface area contributed by atoms with Crippen molar-refractivity contribution in [1.29, 1.82) is 0 Å². The molecule has 0 aromatic heterocycles. The zero-order chi connectivity index (χ0) is 17.9. The van der Waals surface area contributed by atoms with Crippen LogP contribution in [0.3, 0.4) is 0 Å². The van der Waals surface area contributed by atoms with Gasteiger partial charge in [0.05, 0.1) is 11.3 Å². The van der Waals surface area contributed by atoms with Crippen molar-refractivity contribution in [3.05, 3.63) is 72.3 Å². The number of nitrogens with one attached hydrogen (secondary N) is 2. The largest absolute Gasteiger partial charge is 0.478 e. The van der Waals surface area contributed by atoms with E-state index in [2.05, 4.69) is 11.0 Å². The van der Waals surface area contributed by atoms with Crippen LogP contribution in [0, 0.1) is 0 Å². The van der Waals surface area contributed by atoms with E-state index in [1.807, 2.05) is 6.07 Å². The standard InChI is InChI=1S/C17H14N2O5S/c20-17(21)13-10-12-6-4-5-9-15(12)16(11-13)25(22,23)24-19-18-14-7-2-1-3-8-14/h1-11,18-19H,(H,20,21). The van der Waals surface area contributed by atoms with E-state index in [0.717, 1.165) is 6.07 Å². The number of para-hydroxylation sites is 1. The van der Waals surface area contributed by atoms with Crippen LogP contribution < -0.4 is 11.0 Å². The maximum absolute atomic E-state index is 12.5. The van der Waals surface area contributed by atoms with E-state index in [-0.39, 0.29) is 10.5 Å². The molecule has 3 N–H and O–H groups in total. The molecule has 0 amide bonds. The number of benzene rings is 3. The van der Waals surface area contributed by atoms with Crippen molar-refractivity contribution in [3.8, 4) is 0 Å². The second-order valence-electron chi connectivity index (χ2n) is 5.13. The second kappa shape index (κ2) is 6.89. The lowest BCUT2D eigenvalue weighted by Crippen LogP contribution is -2.26. The number of fused-ring (bicyclic) bond motifs is 1. The minimum atomic E-state index is -4.25. The topological polar surface area (TPSA) is 105 Å². The van der Waals surface area contributed by atoms with Gasteiger partial charge in [0.1, 0.15) is 4.90 Å². The van der Waals surface area contributed by atoms with Gasteiger partial charge in [0.15, 0.2) is 0 Å². The molecule has 0 aliphatic rings. The van der Waals surface area contributed by atoms with Gasteiger partial charge < -0.3 is 5.11 Å². The number of anilines is 1. The third-order valence-corrected chi connectivity index (χ3v) is 4.64. The Kier molecular flexibility index (Phi) is 4.66. The van der Waals surface area contributed by atoms with Crippen molar-refractivity contribution < 1.29 is 22.6 Å². The SMILES string of the molecule is O=C(O)c1cc(S(=O)(=O)ONNc2ccccc2)c2ccccc2c1. The first-order valence-electron chi connectivity index (χ1n) is 7.23. The summed E-state index contributed by atoms with van der Waals surface area (Å²) in [6.07, 6.45) is 0. The molecule has 25 heavy (non-hydrogen) atoms. The number of aromatic carboxylic acids is 1. The Morgan fingerprint density at radius 1 is 0.960 bits per heavy atom. The third-order valence-electron chi connectivity index (χ3n) is 3.46. The molecule has 8 heteroatoms. The number of carboxylic acid groups (broad SMARTS) is 1. The summed E-state index contributed by atoms with van der Waals surface area (Å²) in [6, 6.07) is 17.8. The van der Waals surface area contributed by atoms with Crippen molar-refractivity contribution in [2.75, 3.05) is 5.43 Å². The normalized spacial score (nSPS) is 11.4. The van der Waals surface area contributed by atoms with Gasteiger partial charge in [0.2, 0.25) is 0 Å². The van der Waals surface area contributed by atoms with Crippen LogP contribution in [0.25, 0.3) is 10.8 Å². The van der Waals surface area contributed by atoms with Crippen LogP contribution in [0.5, 0.6) is 0 Å². The average Bonchev–Trinajstić information content (AvgIpc) is 2.61. The van der Waals surface area contributed by atoms with E-state index >= 15 is 0 Å². The second-order valence-corrected chi connectivity index (χ2v) is 6.65. The molecule has 0 spiro atoms. The summed E-state index contributed by atoms with van der Waals surface area (Å²) in [6.45, 7) is 0. The molecule has 0 radical (unpaired) electrons. The van der Waals surface area contributed by atoms with Crippen LogP contribution in [-0.2, 0) is 14.4 Å². The van der Waals surface area contributed by atoms with Crippen molar-refractivity contribution in [2.24, 2.45) is 0 Å². The third kappa shape index (κ3) is 3.77. The predicted octanol–water partition coefficient (Wildman–Crippen LogP) is 2.78. The van der Waals surface area contributed by atoms with Crippen molar-refractivity contribution in [2.45, 2.75) is 4.90 Å². The van der Waals surface area contributed by atoms with E-state index in [4.69, 9.17) is 4.28 Å². The summed E-state index contributed by atoms with van der Waals surface area (Å²) in [7, 11) is -4.25. The number of rotatable bonds is 6. The van der Waals surface area contributed by atoms with Crippen LogP contribution >= 0.6 is 0 Å². The lowest BCUT2D eigenvalue weighted by molar-refractivity contribution is 0.0697. The molecule has 128 valence electrons. The summed E-state index contributed by atoms with van der Waals surface area (Å²) < 4.78 is 29.8. The lowest BCUT2D eigenvalue weighted by atomic mass is 10.1. The van der Waals surface area contributed by atoms with Crippen molar-refractivity contribution in [1.82, 2.24) is 5.59 Å². The van der Waals surface area contributed by atoms with Gasteiger partial charge in [-0.2, -0.15) is 12.7 Å². The fraction of sp³-hybridized carbons (Fsp3) is 0. The van der Waals surface area contributed by atoms with Crippen molar-refractivity contribution in [3.63, 3.8) is 0 Å². The van der Waals surface area contributed by atoms with Gasteiger partial charge in [0.25, 0.3) is 0 Å². The molecule has 0 heterocycles. The Morgan fingerprint density at radius 3 is 2.36 bits per heavy atom. The van der Waals surface area contributed by atoms with Gasteiger partial charge in [-0.15, -0.1) is 0 Å². The lowest BCUT2D eigenvalue weighted by Gasteiger charge is -2.11. The Bertz CT molecular complexity index is 1020. The van der Waals surface area contributed by atoms with E-state index in [1.165, 1.54) is 6.07 Å². The fourth-order valence-electron chi connectivity index (χ4n) is 2.31. The first kappa shape index (κ1) is 16.9. The Labute approximate surface area is 143 Å². The van der Waals surface area contributed by atoms with E-state index in [0.29, 0.717) is 16.5 Å². The highest BCUT2D eigenvalue weighted by Gasteiger charge is 2.21. The quantitative estimate of drug-likeness (QED) is 0.582. The highest BCUT2D eigenvalue weighted by Crippen LogP contribution is 2.26. The van der Waals surface area contributed by atoms with Gasteiger partial charge in [-0.25, -0.2) is 4.79 Å². The highest BCUT2D eigenvalue weighted by atomic mass is 32.2. The number of hydrazine groups is 1. The molecule has 0 saturated heterocycles. The fourth-order valence-corrected chi connectivity index (χ4v) is 3.27. The summed E-state index contributed by atoms with van der Waals surface area (Å²) in [4.78, 5) is 11.0. The van der Waals surface area contributed by atoms with Crippen molar-refractivity contribution >= 4 is 32.5 Å². The summed E-state index contributed by atoms with van der Waals surface area (Å²) in [5.74, 6) is -1.22. The minimum Gasteiger partial charge on any atom is -0.478 e. The molecule has 0 fully saturated rings. The number of hydrogen-bond donors (Lipinski definition) is 3. The molecule has 0 aliphatic carbocycles. The van der Waals surface area contributed by atoms with Crippen LogP contribution in [-0.4, -0.2) is 19.5 Å². The van der Waals surface area contributed by atoms with Crippen LogP contribution in [0.4, 0.5) is 5.69 Å². The molecule has 0 bridgehead atoms. The van der Waals surface area contributed by atoms with Gasteiger partial charge in [-0.05, 0) is 29.7 Å². The molecule has 3 aromatic rings. The summed E-state index contributed by atoms with van der Waals surface area (Å²) in [5, 5.41) is 10.1. The van der Waals surface area contributed by atoms with E-state index in [9.17, 15) is 18.3 Å². The summed E-state index contributed by atoms with van der Waals surface area (Å²) in [5.41, 5.74) is 5.21. The van der Waals surface area contributed by atoms with Crippen LogP contribution in [0.2, 0.25) is 0 Å². The molecule has 0 unspecified atom stereocenters. The Morgan fingerprint density at radius 2 is 1.64 bits per heavy atom. The highest BCUT2D eigenvalue weighted by molar-refractivity contribution is 7.87. The monoisotopic (exact) mass is 358 g/mol. The zero-order valence-electron chi connectivity index (χ0n) is 12.8. The number of carbonyl (C=O) groups is 1. The van der Waals surface area contributed by atoms with E-state index in [1.54, 1.807) is 48.5 Å². The van der Waals surface area contributed by atoms with Gasteiger partial charge in [0, 0.05) is 5.39 Å². The zero-order valence-corrected chi connectivity index (χ0v) is 13.7. The summed E-state index contributed by atoms with van der Waals surface area (Å²) >= 11 is 0. The first-order valence-corrected chi connectivity index (χ1v) is 8.64. The Hall–Kier alpha value is -2.94. The van der Waals surface area contributed by atoms with Gasteiger partial charge in [-0.1, -0.05) is 48.1 Å². The average molecular weight is 358 g/mol. The van der Waals surface area contributed by atoms with Crippen LogP contribution in [0.1, 0.15) is 10.4 Å². The predicted molar refractivity (Wildman–Crippen MR) is 92.4 cm³/mol. The maximum Gasteiger partial charge on any atom is 0.335 e. The molecule has 7 nitrogen and oxygen atoms in total. The molecular formula is C17H14N2O5S. The number of hydrogen-bond acceptors (Lipinski definition) is 6. The molecule has 3 aromatic carbocycles. The molecule has 0 aliphatic heterocycles. The minimum absolute atomic E-state index is 0.142. The van der Waals surface area contributed by atoms with E-state index < -0.39 is 16.1 Å². The van der Waals surface area contributed by atoms with Crippen LogP contribution in [0.15, 0.2) is 71.6 Å². The smallest absolute Gasteiger partial charge is 0.335 e. The molecular weight excluding hydrogens is 344 g/mol. The molecule has 0 saturated carbocycles. The first-order chi connectivity index (χ1) is 12.0.